The molecule has 0 saturated carbocycles. The van der Waals surface area contributed by atoms with Gasteiger partial charge in [0.1, 0.15) is 6.10 Å². The fraction of sp³-hybridized carbons (Fsp3) is 0.333. The molecule has 3 heterocycles. The average molecular weight is 395 g/mol. The predicted molar refractivity (Wildman–Crippen MR) is 106 cm³/mol. The van der Waals surface area contributed by atoms with Crippen LogP contribution in [0.5, 0.6) is 29.0 Å². The second-order valence-electron chi connectivity index (χ2n) is 7.34. The second kappa shape index (κ2) is 6.97. The summed E-state index contributed by atoms with van der Waals surface area (Å²) in [6.45, 7) is 3.16. The van der Waals surface area contributed by atoms with Crippen molar-refractivity contribution in [3.63, 3.8) is 0 Å². The summed E-state index contributed by atoms with van der Waals surface area (Å²) >= 11 is 0. The van der Waals surface area contributed by atoms with Crippen LogP contribution in [0.3, 0.4) is 0 Å². The first-order valence-corrected chi connectivity index (χ1v) is 9.39. The number of aromatic nitrogens is 2. The summed E-state index contributed by atoms with van der Waals surface area (Å²) < 4.78 is 28.1. The van der Waals surface area contributed by atoms with Gasteiger partial charge in [-0.15, -0.1) is 0 Å². The number of nitrogens with zero attached hydrogens (tertiary/aromatic N) is 3. The first kappa shape index (κ1) is 17.8. The fourth-order valence-electron chi connectivity index (χ4n) is 3.55. The zero-order valence-corrected chi connectivity index (χ0v) is 16.5. The maximum Gasteiger partial charge on any atom is 0.317 e. The Labute approximate surface area is 167 Å². The van der Waals surface area contributed by atoms with Crippen LogP contribution in [0.4, 0.5) is 0 Å². The molecule has 0 N–H and O–H groups in total. The van der Waals surface area contributed by atoms with Crippen molar-refractivity contribution in [2.75, 3.05) is 34.2 Å². The van der Waals surface area contributed by atoms with Crippen molar-refractivity contribution in [2.24, 2.45) is 0 Å². The normalized spacial score (nSPS) is 15.2. The monoisotopic (exact) mass is 395 g/mol. The van der Waals surface area contributed by atoms with Crippen LogP contribution >= 0.6 is 0 Å². The zero-order valence-electron chi connectivity index (χ0n) is 16.5. The molecule has 0 bridgehead atoms. The number of hydrogen-bond acceptors (Lipinski definition) is 8. The maximum atomic E-state index is 6.02. The minimum Gasteiger partial charge on any atom is -0.459 e. The molecule has 29 heavy (non-hydrogen) atoms. The number of fused-ring (bicyclic) bond motifs is 3. The Morgan fingerprint density at radius 1 is 0.931 bits per heavy atom. The summed E-state index contributed by atoms with van der Waals surface area (Å²) in [6, 6.07) is 9.84. The topological polar surface area (TPSA) is 75.2 Å². The van der Waals surface area contributed by atoms with Gasteiger partial charge in [0.2, 0.25) is 13.6 Å². The van der Waals surface area contributed by atoms with E-state index in [0.29, 0.717) is 23.3 Å². The van der Waals surface area contributed by atoms with Crippen LogP contribution in [0.15, 0.2) is 30.3 Å². The molecule has 1 aromatic heterocycles. The summed E-state index contributed by atoms with van der Waals surface area (Å²) in [5, 5.41) is 0.848. The lowest BCUT2D eigenvalue weighted by atomic mass is 10.1. The fourth-order valence-corrected chi connectivity index (χ4v) is 3.55. The summed E-state index contributed by atoms with van der Waals surface area (Å²) in [4.78, 5) is 11.4. The van der Waals surface area contributed by atoms with E-state index in [1.54, 1.807) is 0 Å². The molecule has 0 aliphatic carbocycles. The van der Waals surface area contributed by atoms with Crippen LogP contribution in [0.25, 0.3) is 22.2 Å². The minimum atomic E-state index is -0.0685. The lowest BCUT2D eigenvalue weighted by Gasteiger charge is -2.18. The molecule has 2 aromatic carbocycles. The molecule has 0 spiro atoms. The molecule has 0 fully saturated rings. The number of benzene rings is 2. The lowest BCUT2D eigenvalue weighted by Crippen LogP contribution is -2.28. The molecule has 8 nitrogen and oxygen atoms in total. The first-order chi connectivity index (χ1) is 14.1. The second-order valence-corrected chi connectivity index (χ2v) is 7.34. The Morgan fingerprint density at radius 2 is 1.62 bits per heavy atom. The molecular formula is C21H21N3O5. The Hall–Kier alpha value is -3.26. The van der Waals surface area contributed by atoms with Crippen molar-refractivity contribution in [3.05, 3.63) is 30.3 Å². The van der Waals surface area contributed by atoms with Crippen LogP contribution in [-0.4, -0.2) is 55.2 Å². The van der Waals surface area contributed by atoms with Gasteiger partial charge in [0, 0.05) is 23.6 Å². The van der Waals surface area contributed by atoms with Crippen molar-refractivity contribution in [3.8, 4) is 40.3 Å². The van der Waals surface area contributed by atoms with Crippen molar-refractivity contribution < 1.29 is 23.7 Å². The van der Waals surface area contributed by atoms with Crippen LogP contribution in [0.1, 0.15) is 6.92 Å². The number of ether oxygens (including phenoxy) is 5. The summed E-state index contributed by atoms with van der Waals surface area (Å²) in [5.74, 6) is 2.76. The summed E-state index contributed by atoms with van der Waals surface area (Å²) in [7, 11) is 4.00. The smallest absolute Gasteiger partial charge is 0.317 e. The van der Waals surface area contributed by atoms with Gasteiger partial charge in [0.25, 0.3) is 0 Å². The van der Waals surface area contributed by atoms with E-state index in [4.69, 9.17) is 28.7 Å². The van der Waals surface area contributed by atoms with Crippen LogP contribution < -0.4 is 23.7 Å². The van der Waals surface area contributed by atoms with E-state index >= 15 is 0 Å². The Kier molecular flexibility index (Phi) is 4.28. The van der Waals surface area contributed by atoms with Gasteiger partial charge in [0.15, 0.2) is 23.0 Å². The third-order valence-corrected chi connectivity index (χ3v) is 4.74. The standard InChI is InChI=1S/C21H21N3O5/c1-12(9-24(2)3)29-21-22-15-8-19-18(27-11-28-19)7-14(15)20(23-21)13-4-5-16-17(6-13)26-10-25-16/h4-8,12H,9-11H2,1-3H3. The Morgan fingerprint density at radius 3 is 2.38 bits per heavy atom. The molecule has 8 heteroatoms. The predicted octanol–water partition coefficient (Wildman–Crippen LogP) is 3.08. The molecule has 0 radical (unpaired) electrons. The summed E-state index contributed by atoms with van der Waals surface area (Å²) in [5.41, 5.74) is 2.34. The van der Waals surface area contributed by atoms with Crippen LogP contribution in [0, 0.1) is 0 Å². The Bertz CT molecular complexity index is 1090. The number of rotatable bonds is 5. The lowest BCUT2D eigenvalue weighted by molar-refractivity contribution is 0.164. The SMILES string of the molecule is CC(CN(C)C)Oc1nc(-c2ccc3c(c2)OCO3)c2cc3c(cc2n1)OCO3. The molecule has 5 rings (SSSR count). The highest BCUT2D eigenvalue weighted by atomic mass is 16.7. The molecule has 0 amide bonds. The van der Waals surface area contributed by atoms with Gasteiger partial charge in [-0.2, -0.15) is 9.97 Å². The highest BCUT2D eigenvalue weighted by molar-refractivity contribution is 5.95. The van der Waals surface area contributed by atoms with Gasteiger partial charge < -0.3 is 28.6 Å². The van der Waals surface area contributed by atoms with Crippen LogP contribution in [0.2, 0.25) is 0 Å². The average Bonchev–Trinajstić information content (AvgIpc) is 3.33. The maximum absolute atomic E-state index is 6.02. The molecule has 2 aliphatic heterocycles. The van der Waals surface area contributed by atoms with Crippen molar-refractivity contribution >= 4 is 10.9 Å². The minimum absolute atomic E-state index is 0.0685. The summed E-state index contributed by atoms with van der Waals surface area (Å²) in [6.07, 6.45) is -0.0685. The quantitative estimate of drug-likeness (QED) is 0.653. The largest absolute Gasteiger partial charge is 0.459 e. The highest BCUT2D eigenvalue weighted by Crippen LogP contribution is 2.41. The van der Waals surface area contributed by atoms with Gasteiger partial charge in [-0.25, -0.2) is 0 Å². The van der Waals surface area contributed by atoms with Gasteiger partial charge >= 0.3 is 6.01 Å². The van der Waals surface area contributed by atoms with Crippen molar-refractivity contribution in [2.45, 2.75) is 13.0 Å². The van der Waals surface area contributed by atoms with Gasteiger partial charge in [-0.3, -0.25) is 0 Å². The van der Waals surface area contributed by atoms with Crippen LogP contribution in [-0.2, 0) is 0 Å². The third kappa shape index (κ3) is 3.36. The molecule has 2 aliphatic rings. The first-order valence-electron chi connectivity index (χ1n) is 9.39. The van der Waals surface area contributed by atoms with E-state index < -0.39 is 0 Å². The molecule has 150 valence electrons. The zero-order chi connectivity index (χ0) is 20.0. The van der Waals surface area contributed by atoms with E-state index in [0.717, 1.165) is 34.5 Å². The van der Waals surface area contributed by atoms with E-state index in [2.05, 4.69) is 9.88 Å². The van der Waals surface area contributed by atoms with Gasteiger partial charge in [-0.1, -0.05) is 0 Å². The molecule has 0 saturated heterocycles. The van der Waals surface area contributed by atoms with Gasteiger partial charge in [0.05, 0.1) is 11.2 Å². The number of likely N-dealkylation sites (N-methyl/N-ethyl adjacent to an activating group) is 1. The van der Waals surface area contributed by atoms with E-state index in [1.807, 2.05) is 51.4 Å². The molecule has 3 aromatic rings. The van der Waals surface area contributed by atoms with E-state index in [9.17, 15) is 0 Å². The Balaban J connectivity index is 1.63. The van der Waals surface area contributed by atoms with E-state index in [-0.39, 0.29) is 19.7 Å². The highest BCUT2D eigenvalue weighted by Gasteiger charge is 2.21. The van der Waals surface area contributed by atoms with Crippen molar-refractivity contribution in [1.82, 2.24) is 14.9 Å². The number of hydrogen-bond donors (Lipinski definition) is 0. The van der Waals surface area contributed by atoms with Crippen molar-refractivity contribution in [1.29, 1.82) is 0 Å². The molecule has 1 unspecified atom stereocenters. The van der Waals surface area contributed by atoms with Gasteiger partial charge in [-0.05, 0) is 45.3 Å². The molecule has 1 atom stereocenters. The third-order valence-electron chi connectivity index (χ3n) is 4.74. The molecular weight excluding hydrogens is 374 g/mol. The van der Waals surface area contributed by atoms with E-state index in [1.165, 1.54) is 0 Å².